The Hall–Kier alpha value is -1.06. The summed E-state index contributed by atoms with van der Waals surface area (Å²) in [6.45, 7) is 0. The van der Waals surface area contributed by atoms with Gasteiger partial charge in [-0.25, -0.2) is 0 Å². The highest BCUT2D eigenvalue weighted by Crippen LogP contribution is 2.33. The van der Waals surface area contributed by atoms with Gasteiger partial charge in [-0.3, -0.25) is 4.79 Å². The van der Waals surface area contributed by atoms with E-state index in [1.807, 2.05) is 0 Å². The van der Waals surface area contributed by atoms with Gasteiger partial charge in [0.05, 0.1) is 8.66 Å². The second-order valence-electron chi connectivity index (χ2n) is 3.76. The molecule has 3 nitrogen and oxygen atoms in total. The van der Waals surface area contributed by atoms with Crippen molar-refractivity contribution in [1.29, 1.82) is 0 Å². The Morgan fingerprint density at radius 1 is 1.19 bits per heavy atom. The first-order valence-electron chi connectivity index (χ1n) is 5.36. The minimum absolute atomic E-state index is 0.345. The van der Waals surface area contributed by atoms with E-state index in [9.17, 15) is 18.0 Å². The van der Waals surface area contributed by atoms with Crippen LogP contribution in [-0.4, -0.2) is 12.3 Å². The monoisotopic (exact) mass is 443 g/mol. The molecule has 112 valence electrons. The molecule has 0 aliphatic rings. The maximum atomic E-state index is 12.0. The standard InChI is InChI=1S/C12H6Br2F3NO2S/c13-8-5-9(21-10(8)14)11(19)18-6-1-3-7(4-2-6)20-12(15,16)17/h1-5H,(H,18,19). The van der Waals surface area contributed by atoms with Gasteiger partial charge in [-0.2, -0.15) is 0 Å². The van der Waals surface area contributed by atoms with E-state index in [4.69, 9.17) is 0 Å². The smallest absolute Gasteiger partial charge is 0.406 e. The zero-order valence-corrected chi connectivity index (χ0v) is 14.0. The van der Waals surface area contributed by atoms with Gasteiger partial charge in [-0.15, -0.1) is 24.5 Å². The second kappa shape index (κ2) is 6.37. The molecule has 0 aliphatic carbocycles. The molecule has 0 atom stereocenters. The second-order valence-corrected chi connectivity index (χ2v) is 6.98. The molecule has 0 saturated heterocycles. The zero-order chi connectivity index (χ0) is 15.6. The van der Waals surface area contributed by atoms with Crippen molar-refractivity contribution in [2.45, 2.75) is 6.36 Å². The average Bonchev–Trinajstić information content (AvgIpc) is 2.70. The summed E-state index contributed by atoms with van der Waals surface area (Å²) in [6, 6.07) is 6.56. The Labute approximate surface area is 138 Å². The Kier molecular flexibility index (Phi) is 4.95. The molecule has 0 unspecified atom stereocenters. The van der Waals surface area contributed by atoms with Crippen LogP contribution in [0.5, 0.6) is 5.75 Å². The number of carbonyl (C=O) groups is 1. The fourth-order valence-electron chi connectivity index (χ4n) is 1.39. The summed E-state index contributed by atoms with van der Waals surface area (Å²) < 4.78 is 41.3. The molecule has 0 fully saturated rings. The maximum Gasteiger partial charge on any atom is 0.573 e. The third kappa shape index (κ3) is 4.72. The summed E-state index contributed by atoms with van der Waals surface area (Å²) in [7, 11) is 0. The van der Waals surface area contributed by atoms with Gasteiger partial charge in [0.15, 0.2) is 0 Å². The van der Waals surface area contributed by atoms with Crippen LogP contribution in [0, 0.1) is 0 Å². The lowest BCUT2D eigenvalue weighted by atomic mass is 10.3. The molecule has 2 aromatic rings. The highest BCUT2D eigenvalue weighted by molar-refractivity contribution is 9.13. The molecule has 0 aliphatic heterocycles. The van der Waals surface area contributed by atoms with Crippen molar-refractivity contribution in [3.63, 3.8) is 0 Å². The lowest BCUT2D eigenvalue weighted by molar-refractivity contribution is -0.274. The van der Waals surface area contributed by atoms with Crippen LogP contribution < -0.4 is 10.1 Å². The zero-order valence-electron chi connectivity index (χ0n) is 10.0. The van der Waals surface area contributed by atoms with Crippen LogP contribution in [0.25, 0.3) is 0 Å². The molecule has 1 heterocycles. The summed E-state index contributed by atoms with van der Waals surface area (Å²) in [5.74, 6) is -0.696. The van der Waals surface area contributed by atoms with Crippen LogP contribution in [0.4, 0.5) is 18.9 Å². The molecule has 1 amide bonds. The summed E-state index contributed by atoms with van der Waals surface area (Å²) in [6.07, 6.45) is -4.74. The topological polar surface area (TPSA) is 38.3 Å². The summed E-state index contributed by atoms with van der Waals surface area (Å²) in [5.41, 5.74) is 0.371. The third-order valence-electron chi connectivity index (χ3n) is 2.21. The van der Waals surface area contributed by atoms with Crippen molar-refractivity contribution in [3.8, 4) is 5.75 Å². The minimum atomic E-state index is -4.74. The molecule has 0 radical (unpaired) electrons. The highest BCUT2D eigenvalue weighted by atomic mass is 79.9. The number of ether oxygens (including phenoxy) is 1. The number of nitrogens with one attached hydrogen (secondary N) is 1. The van der Waals surface area contributed by atoms with Gasteiger partial charge in [0.1, 0.15) is 5.75 Å². The Morgan fingerprint density at radius 2 is 1.81 bits per heavy atom. The molecular weight excluding hydrogens is 439 g/mol. The number of alkyl halides is 3. The van der Waals surface area contributed by atoms with Crippen LogP contribution in [0.1, 0.15) is 9.67 Å². The van der Waals surface area contributed by atoms with Crippen molar-refractivity contribution in [2.75, 3.05) is 5.32 Å². The van der Waals surface area contributed by atoms with Gasteiger partial charge >= 0.3 is 6.36 Å². The van der Waals surface area contributed by atoms with Crippen molar-refractivity contribution >= 4 is 54.8 Å². The predicted octanol–water partition coefficient (Wildman–Crippen LogP) is 5.42. The fourth-order valence-corrected chi connectivity index (χ4v) is 3.32. The number of amides is 1. The van der Waals surface area contributed by atoms with E-state index in [1.165, 1.54) is 23.5 Å². The quantitative estimate of drug-likeness (QED) is 0.685. The molecular formula is C12H6Br2F3NO2S. The van der Waals surface area contributed by atoms with Crippen LogP contribution in [-0.2, 0) is 0 Å². The van der Waals surface area contributed by atoms with Crippen molar-refractivity contribution < 1.29 is 22.7 Å². The van der Waals surface area contributed by atoms with Gasteiger partial charge < -0.3 is 10.1 Å². The summed E-state index contributed by atoms with van der Waals surface area (Å²) in [5, 5.41) is 2.58. The van der Waals surface area contributed by atoms with Crippen LogP contribution in [0.15, 0.2) is 38.6 Å². The Balaban J connectivity index is 2.05. The van der Waals surface area contributed by atoms with Crippen molar-refractivity contribution in [3.05, 3.63) is 43.5 Å². The van der Waals surface area contributed by atoms with Crippen molar-refractivity contribution in [2.24, 2.45) is 0 Å². The Bertz CT molecular complexity index is 636. The van der Waals surface area contributed by atoms with Gasteiger partial charge in [-0.05, 0) is 62.2 Å². The first-order valence-corrected chi connectivity index (χ1v) is 7.77. The van der Waals surface area contributed by atoms with E-state index >= 15 is 0 Å². The van der Waals surface area contributed by atoms with E-state index < -0.39 is 6.36 Å². The van der Waals surface area contributed by atoms with Crippen molar-refractivity contribution in [1.82, 2.24) is 0 Å². The normalized spacial score (nSPS) is 11.3. The SMILES string of the molecule is O=C(Nc1ccc(OC(F)(F)F)cc1)c1cc(Br)c(Br)s1. The van der Waals surface area contributed by atoms with E-state index in [1.54, 1.807) is 6.07 Å². The number of hydrogen-bond donors (Lipinski definition) is 1. The van der Waals surface area contributed by atoms with E-state index in [2.05, 4.69) is 41.9 Å². The lowest BCUT2D eigenvalue weighted by Gasteiger charge is -2.09. The molecule has 0 bridgehead atoms. The first-order chi connectivity index (χ1) is 9.74. The summed E-state index contributed by atoms with van der Waals surface area (Å²) in [4.78, 5) is 12.4. The average molecular weight is 445 g/mol. The number of anilines is 1. The predicted molar refractivity (Wildman–Crippen MR) is 80.8 cm³/mol. The molecule has 9 heteroatoms. The van der Waals surface area contributed by atoms with E-state index in [0.717, 1.165) is 20.4 Å². The number of halogens is 5. The number of thiophene rings is 1. The lowest BCUT2D eigenvalue weighted by Crippen LogP contribution is -2.17. The molecule has 1 aromatic carbocycles. The molecule has 1 aromatic heterocycles. The maximum absolute atomic E-state index is 12.0. The van der Waals surface area contributed by atoms with Gasteiger partial charge in [0.2, 0.25) is 0 Å². The molecule has 21 heavy (non-hydrogen) atoms. The molecule has 1 N–H and O–H groups in total. The largest absolute Gasteiger partial charge is 0.573 e. The van der Waals surface area contributed by atoms with E-state index in [-0.39, 0.29) is 11.7 Å². The first kappa shape index (κ1) is 16.3. The third-order valence-corrected chi connectivity index (χ3v) is 5.47. The number of hydrogen-bond acceptors (Lipinski definition) is 3. The Morgan fingerprint density at radius 3 is 2.29 bits per heavy atom. The number of benzene rings is 1. The van der Waals surface area contributed by atoms with Gasteiger partial charge in [0.25, 0.3) is 5.91 Å². The van der Waals surface area contributed by atoms with Gasteiger partial charge in [-0.1, -0.05) is 0 Å². The molecule has 0 saturated carbocycles. The molecule has 2 rings (SSSR count). The summed E-state index contributed by atoms with van der Waals surface area (Å²) >= 11 is 7.78. The molecule has 0 spiro atoms. The highest BCUT2D eigenvalue weighted by Gasteiger charge is 2.30. The fraction of sp³-hybridized carbons (Fsp3) is 0.0833. The minimum Gasteiger partial charge on any atom is -0.406 e. The number of rotatable bonds is 3. The van der Waals surface area contributed by atoms with E-state index in [0.29, 0.717) is 10.6 Å². The van der Waals surface area contributed by atoms with Crippen LogP contribution in [0.2, 0.25) is 0 Å². The van der Waals surface area contributed by atoms with Gasteiger partial charge in [0, 0.05) is 10.2 Å². The number of carbonyl (C=O) groups excluding carboxylic acids is 1. The van der Waals surface area contributed by atoms with Crippen LogP contribution >= 0.6 is 43.2 Å². The van der Waals surface area contributed by atoms with Crippen LogP contribution in [0.3, 0.4) is 0 Å².